The molecular weight excluding hydrogens is 463 g/mol. The summed E-state index contributed by atoms with van der Waals surface area (Å²) in [7, 11) is 1.35. The molecule has 2 atom stereocenters. The first-order valence-electron chi connectivity index (χ1n) is 10.6. The molecule has 0 radical (unpaired) electrons. The number of likely N-dealkylation sites (N-methyl/N-ethyl adjacent to an activating group) is 1. The summed E-state index contributed by atoms with van der Waals surface area (Å²) >= 11 is 12.1. The predicted octanol–water partition coefficient (Wildman–Crippen LogP) is 3.93. The van der Waals surface area contributed by atoms with Gasteiger partial charge in [0.25, 0.3) is 0 Å². The third-order valence-corrected chi connectivity index (χ3v) is 5.92. The minimum Gasteiger partial charge on any atom is -0.453 e. The molecular formula is C23H26Cl2N6O2. The van der Waals surface area contributed by atoms with Gasteiger partial charge >= 0.3 is 6.09 Å². The van der Waals surface area contributed by atoms with E-state index in [0.29, 0.717) is 49.2 Å². The summed E-state index contributed by atoms with van der Waals surface area (Å²) in [4.78, 5) is 18.6. The number of halogens is 2. The summed E-state index contributed by atoms with van der Waals surface area (Å²) in [6.07, 6.45) is 8.66. The van der Waals surface area contributed by atoms with Crippen molar-refractivity contribution >= 4 is 41.0 Å². The predicted molar refractivity (Wildman–Crippen MR) is 130 cm³/mol. The van der Waals surface area contributed by atoms with Gasteiger partial charge in [0, 0.05) is 18.1 Å². The van der Waals surface area contributed by atoms with Crippen molar-refractivity contribution in [3.05, 3.63) is 58.7 Å². The normalized spacial score (nSPS) is 20.1. The summed E-state index contributed by atoms with van der Waals surface area (Å²) in [6, 6.07) is 7.18. The van der Waals surface area contributed by atoms with Gasteiger partial charge in [0.1, 0.15) is 0 Å². The number of nitrogens with zero attached hydrogens (tertiary/aromatic N) is 5. The van der Waals surface area contributed by atoms with Crippen molar-refractivity contribution in [2.45, 2.75) is 31.2 Å². The average Bonchev–Trinajstić information content (AvgIpc) is 3.25. The molecule has 1 aliphatic carbocycles. The fourth-order valence-electron chi connectivity index (χ4n) is 3.67. The Labute approximate surface area is 203 Å². The summed E-state index contributed by atoms with van der Waals surface area (Å²) in [6.45, 7) is 3.10. The SMILES string of the molecule is CCN(C(=O)OC)C1CN(C(=NCCc2ccc(Cl)cc2)NC#N)N=C1C1=CCC(Cl)C=C1. The van der Waals surface area contributed by atoms with Gasteiger partial charge in [-0.2, -0.15) is 10.4 Å². The van der Waals surface area contributed by atoms with E-state index in [0.717, 1.165) is 11.1 Å². The Balaban J connectivity index is 1.85. The van der Waals surface area contributed by atoms with Crippen molar-refractivity contribution < 1.29 is 9.53 Å². The fraction of sp³-hybridized carbons (Fsp3) is 0.391. The fourth-order valence-corrected chi connectivity index (χ4v) is 3.96. The maximum atomic E-state index is 12.4. The van der Waals surface area contributed by atoms with Gasteiger partial charge in [0.15, 0.2) is 6.19 Å². The number of ether oxygens (including phenoxy) is 1. The Morgan fingerprint density at radius 3 is 2.79 bits per heavy atom. The summed E-state index contributed by atoms with van der Waals surface area (Å²) < 4.78 is 4.98. The highest BCUT2D eigenvalue weighted by atomic mass is 35.5. The first-order chi connectivity index (χ1) is 16.0. The highest BCUT2D eigenvalue weighted by Crippen LogP contribution is 2.24. The minimum absolute atomic E-state index is 0.0709. The van der Waals surface area contributed by atoms with Gasteiger partial charge in [0.05, 0.1) is 30.8 Å². The molecule has 0 saturated carbocycles. The van der Waals surface area contributed by atoms with Gasteiger partial charge < -0.3 is 4.74 Å². The summed E-state index contributed by atoms with van der Waals surface area (Å²) in [5.41, 5.74) is 2.67. The van der Waals surface area contributed by atoms with Crippen LogP contribution in [-0.2, 0) is 11.2 Å². The van der Waals surface area contributed by atoms with Gasteiger partial charge in [-0.25, -0.2) is 9.80 Å². The summed E-state index contributed by atoms with van der Waals surface area (Å²) in [5.74, 6) is 0.322. The van der Waals surface area contributed by atoms with Crippen LogP contribution in [0.5, 0.6) is 0 Å². The number of hydrogen-bond acceptors (Lipinski definition) is 5. The van der Waals surface area contributed by atoms with Crippen LogP contribution in [0.15, 0.2) is 58.2 Å². The van der Waals surface area contributed by atoms with E-state index in [2.05, 4.69) is 10.3 Å². The van der Waals surface area contributed by atoms with E-state index >= 15 is 0 Å². The summed E-state index contributed by atoms with van der Waals surface area (Å²) in [5, 5.41) is 18.9. The number of carbonyl (C=O) groups is 1. The molecule has 0 spiro atoms. The lowest BCUT2D eigenvalue weighted by atomic mass is 9.97. The number of rotatable bonds is 6. The van der Waals surface area contributed by atoms with E-state index in [4.69, 9.17) is 33.0 Å². The molecule has 2 unspecified atom stereocenters. The molecule has 1 aromatic carbocycles. The standard InChI is InChI=1S/C23H26Cl2N6O2/c1-3-30(23(32)33-2)20-14-31(29-21(20)17-6-10-19(25)11-7-17)22(28-15-26)27-13-12-16-4-8-18(24)9-5-16/h4-10,19-20H,3,11-14H2,1-2H3,(H,27,28). The molecule has 1 aromatic rings. The van der Waals surface area contributed by atoms with Crippen LogP contribution in [0.4, 0.5) is 4.79 Å². The Morgan fingerprint density at radius 1 is 1.42 bits per heavy atom. The zero-order chi connectivity index (χ0) is 23.8. The Hall–Kier alpha value is -3.02. The maximum Gasteiger partial charge on any atom is 0.410 e. The monoisotopic (exact) mass is 488 g/mol. The number of methoxy groups -OCH3 is 1. The lowest BCUT2D eigenvalue weighted by molar-refractivity contribution is 0.117. The lowest BCUT2D eigenvalue weighted by Gasteiger charge is -2.28. The highest BCUT2D eigenvalue weighted by Gasteiger charge is 2.37. The molecule has 1 heterocycles. The van der Waals surface area contributed by atoms with Crippen LogP contribution in [-0.4, -0.2) is 65.8 Å². The van der Waals surface area contributed by atoms with E-state index in [1.807, 2.05) is 55.6 Å². The van der Waals surface area contributed by atoms with Crippen molar-refractivity contribution in [2.75, 3.05) is 26.7 Å². The number of carbonyl (C=O) groups excluding carboxylic acids is 1. The smallest absolute Gasteiger partial charge is 0.410 e. The number of nitriles is 1. The van der Waals surface area contributed by atoms with Crippen molar-refractivity contribution in [3.8, 4) is 6.19 Å². The molecule has 1 amide bonds. The largest absolute Gasteiger partial charge is 0.453 e. The third kappa shape index (κ3) is 6.28. The molecule has 0 bridgehead atoms. The lowest BCUT2D eigenvalue weighted by Crippen LogP contribution is -2.48. The third-order valence-electron chi connectivity index (χ3n) is 5.35. The number of allylic oxidation sites excluding steroid dienone is 3. The van der Waals surface area contributed by atoms with Crippen molar-refractivity contribution in [3.63, 3.8) is 0 Å². The van der Waals surface area contributed by atoms with Gasteiger partial charge in [-0.1, -0.05) is 42.0 Å². The van der Waals surface area contributed by atoms with Crippen LogP contribution < -0.4 is 5.32 Å². The second-order valence-corrected chi connectivity index (χ2v) is 8.43. The van der Waals surface area contributed by atoms with Crippen molar-refractivity contribution in [1.82, 2.24) is 15.2 Å². The second kappa shape index (κ2) is 11.7. The van der Waals surface area contributed by atoms with Crippen LogP contribution in [0.2, 0.25) is 5.02 Å². The molecule has 8 nitrogen and oxygen atoms in total. The van der Waals surface area contributed by atoms with Crippen LogP contribution in [0.1, 0.15) is 18.9 Å². The number of hydrogen-bond donors (Lipinski definition) is 1. The van der Waals surface area contributed by atoms with Gasteiger partial charge in [-0.05, 0) is 43.0 Å². The van der Waals surface area contributed by atoms with E-state index in [9.17, 15) is 10.1 Å². The zero-order valence-corrected chi connectivity index (χ0v) is 20.1. The first-order valence-corrected chi connectivity index (χ1v) is 11.5. The van der Waals surface area contributed by atoms with Crippen LogP contribution in [0, 0.1) is 11.5 Å². The van der Waals surface area contributed by atoms with Crippen molar-refractivity contribution in [1.29, 1.82) is 5.26 Å². The Morgan fingerprint density at radius 2 is 2.18 bits per heavy atom. The molecule has 0 saturated heterocycles. The van der Waals surface area contributed by atoms with Gasteiger partial charge in [-0.15, -0.1) is 11.6 Å². The maximum absolute atomic E-state index is 12.4. The molecule has 0 aromatic heterocycles. The number of guanidine groups is 1. The van der Waals surface area contributed by atoms with Crippen molar-refractivity contribution in [2.24, 2.45) is 10.1 Å². The molecule has 1 aliphatic heterocycles. The molecule has 33 heavy (non-hydrogen) atoms. The minimum atomic E-state index is -0.442. The molecule has 2 aliphatic rings. The number of alkyl halides is 1. The number of amides is 1. The van der Waals surface area contributed by atoms with E-state index in [1.54, 1.807) is 9.91 Å². The second-order valence-electron chi connectivity index (χ2n) is 7.43. The topological polar surface area (TPSA) is 93.3 Å². The quantitative estimate of drug-likeness (QED) is 0.215. The van der Waals surface area contributed by atoms with Crippen LogP contribution in [0.25, 0.3) is 0 Å². The highest BCUT2D eigenvalue weighted by molar-refractivity contribution is 6.30. The van der Waals surface area contributed by atoms with Crippen LogP contribution >= 0.6 is 23.2 Å². The number of nitrogens with one attached hydrogen (secondary N) is 1. The molecule has 1 N–H and O–H groups in total. The molecule has 174 valence electrons. The van der Waals surface area contributed by atoms with E-state index in [-0.39, 0.29) is 11.4 Å². The molecule has 0 fully saturated rings. The number of benzene rings is 1. The number of aliphatic imine (C=N–C) groups is 1. The average molecular weight is 489 g/mol. The van der Waals surface area contributed by atoms with E-state index < -0.39 is 6.09 Å². The molecule has 3 rings (SSSR count). The van der Waals surface area contributed by atoms with Gasteiger partial charge in [-0.3, -0.25) is 15.2 Å². The van der Waals surface area contributed by atoms with Crippen LogP contribution in [0.3, 0.4) is 0 Å². The van der Waals surface area contributed by atoms with Gasteiger partial charge in [0.2, 0.25) is 5.96 Å². The Kier molecular flexibility index (Phi) is 8.75. The number of hydrazone groups is 1. The Bertz CT molecular complexity index is 1010. The first kappa shape index (κ1) is 24.6. The van der Waals surface area contributed by atoms with E-state index in [1.165, 1.54) is 7.11 Å². The zero-order valence-electron chi connectivity index (χ0n) is 18.5. The molecule has 10 heteroatoms.